The van der Waals surface area contributed by atoms with E-state index in [1.807, 2.05) is 13.8 Å². The van der Waals surface area contributed by atoms with Gasteiger partial charge < -0.3 is 10.1 Å². The number of rotatable bonds is 4. The molecule has 0 saturated carbocycles. The second-order valence-electron chi connectivity index (χ2n) is 5.29. The van der Waals surface area contributed by atoms with E-state index >= 15 is 0 Å². The van der Waals surface area contributed by atoms with Crippen LogP contribution < -0.4 is 5.32 Å². The fraction of sp³-hybridized carbons (Fsp3) is 0.769. The van der Waals surface area contributed by atoms with Gasteiger partial charge in [0.15, 0.2) is 5.78 Å². The third-order valence-electron chi connectivity index (χ3n) is 4.07. The summed E-state index contributed by atoms with van der Waals surface area (Å²) in [6.07, 6.45) is 1.67. The smallest absolute Gasteiger partial charge is 0.325 e. The van der Waals surface area contributed by atoms with Crippen LogP contribution in [0.5, 0.6) is 0 Å². The molecule has 0 aromatic heterocycles. The number of amides is 3. The Bertz CT molecular complexity index is 401. The Kier molecular flexibility index (Phi) is 3.89. The molecule has 0 aromatic carbocycles. The van der Waals surface area contributed by atoms with E-state index in [4.69, 9.17) is 4.74 Å². The summed E-state index contributed by atoms with van der Waals surface area (Å²) in [4.78, 5) is 37.2. The number of ketones is 1. The number of carbonyl (C=O) groups excluding carboxylic acids is 3. The Balaban J connectivity index is 2.08. The Morgan fingerprint density at radius 3 is 2.63 bits per heavy atom. The molecule has 2 aliphatic heterocycles. The van der Waals surface area contributed by atoms with Gasteiger partial charge in [-0.15, -0.1) is 0 Å². The van der Waals surface area contributed by atoms with E-state index in [1.165, 1.54) is 0 Å². The lowest BCUT2D eigenvalue weighted by Crippen LogP contribution is -2.51. The summed E-state index contributed by atoms with van der Waals surface area (Å²) in [6.45, 7) is 4.51. The summed E-state index contributed by atoms with van der Waals surface area (Å²) < 4.78 is 5.22. The third-order valence-corrected chi connectivity index (χ3v) is 4.07. The van der Waals surface area contributed by atoms with E-state index in [9.17, 15) is 14.4 Å². The van der Waals surface area contributed by atoms with Crippen molar-refractivity contribution in [3.05, 3.63) is 0 Å². The van der Waals surface area contributed by atoms with Gasteiger partial charge in [0, 0.05) is 32.0 Å². The summed E-state index contributed by atoms with van der Waals surface area (Å²) in [7, 11) is 0. The minimum atomic E-state index is -0.842. The Morgan fingerprint density at radius 1 is 1.42 bits per heavy atom. The van der Waals surface area contributed by atoms with E-state index in [1.54, 1.807) is 0 Å². The van der Waals surface area contributed by atoms with Crippen LogP contribution in [0.25, 0.3) is 0 Å². The second-order valence-corrected chi connectivity index (χ2v) is 5.29. The molecule has 1 unspecified atom stereocenters. The number of nitrogens with one attached hydrogen (secondary N) is 1. The molecule has 2 saturated heterocycles. The SMILES string of the molecule is CCC(C)C(=O)CN1C(=O)NC2(CCOCC2)C1=O. The number of urea groups is 1. The summed E-state index contributed by atoms with van der Waals surface area (Å²) in [5, 5.41) is 2.74. The predicted molar refractivity (Wildman–Crippen MR) is 67.5 cm³/mol. The van der Waals surface area contributed by atoms with E-state index in [-0.39, 0.29) is 24.2 Å². The van der Waals surface area contributed by atoms with Gasteiger partial charge in [0.25, 0.3) is 5.91 Å². The lowest BCUT2D eigenvalue weighted by molar-refractivity contribution is -0.137. The minimum Gasteiger partial charge on any atom is -0.381 e. The quantitative estimate of drug-likeness (QED) is 0.762. The summed E-state index contributed by atoms with van der Waals surface area (Å²) >= 11 is 0. The third kappa shape index (κ3) is 2.49. The molecule has 2 aliphatic rings. The van der Waals surface area contributed by atoms with Crippen molar-refractivity contribution in [2.24, 2.45) is 5.92 Å². The van der Waals surface area contributed by atoms with Crippen molar-refractivity contribution in [3.63, 3.8) is 0 Å². The van der Waals surface area contributed by atoms with Crippen LogP contribution in [0.1, 0.15) is 33.1 Å². The van der Waals surface area contributed by atoms with Gasteiger partial charge >= 0.3 is 6.03 Å². The van der Waals surface area contributed by atoms with Crippen LogP contribution in [-0.2, 0) is 14.3 Å². The van der Waals surface area contributed by atoms with Crippen LogP contribution in [0, 0.1) is 5.92 Å². The Hall–Kier alpha value is -1.43. The number of nitrogens with zero attached hydrogens (tertiary/aromatic N) is 1. The highest BCUT2D eigenvalue weighted by Gasteiger charge is 2.52. The molecule has 2 heterocycles. The molecule has 6 nitrogen and oxygen atoms in total. The molecule has 6 heteroatoms. The van der Waals surface area contributed by atoms with E-state index in [0.717, 1.165) is 4.90 Å². The Labute approximate surface area is 112 Å². The lowest BCUT2D eigenvalue weighted by atomic mass is 9.90. The van der Waals surface area contributed by atoms with Crippen LogP contribution in [-0.4, -0.2) is 47.9 Å². The maximum Gasteiger partial charge on any atom is 0.325 e. The molecule has 106 valence electrons. The van der Waals surface area contributed by atoms with Gasteiger partial charge in [-0.05, 0) is 6.42 Å². The van der Waals surface area contributed by atoms with Crippen molar-refractivity contribution in [2.75, 3.05) is 19.8 Å². The molecule has 19 heavy (non-hydrogen) atoms. The second kappa shape index (κ2) is 5.28. The predicted octanol–water partition coefficient (Wildman–Crippen LogP) is 0.703. The maximum absolute atomic E-state index is 12.4. The summed E-state index contributed by atoms with van der Waals surface area (Å²) in [6, 6.07) is -0.455. The Morgan fingerprint density at radius 2 is 2.05 bits per heavy atom. The molecule has 3 amide bonds. The molecule has 2 rings (SSSR count). The van der Waals surface area contributed by atoms with Crippen LogP contribution in [0.3, 0.4) is 0 Å². The van der Waals surface area contributed by atoms with Crippen LogP contribution in [0.4, 0.5) is 4.79 Å². The zero-order valence-corrected chi connectivity index (χ0v) is 11.4. The highest BCUT2D eigenvalue weighted by molar-refractivity contribution is 6.09. The summed E-state index contributed by atoms with van der Waals surface area (Å²) in [5.74, 6) is -0.487. The molecule has 2 fully saturated rings. The highest BCUT2D eigenvalue weighted by Crippen LogP contribution is 2.28. The van der Waals surface area contributed by atoms with Crippen LogP contribution in [0.15, 0.2) is 0 Å². The van der Waals surface area contributed by atoms with Crippen molar-refractivity contribution in [3.8, 4) is 0 Å². The van der Waals surface area contributed by atoms with Gasteiger partial charge in [0.1, 0.15) is 5.54 Å². The first-order valence-corrected chi connectivity index (χ1v) is 6.75. The average molecular weight is 268 g/mol. The van der Waals surface area contributed by atoms with Crippen molar-refractivity contribution in [1.29, 1.82) is 0 Å². The normalized spacial score (nSPS) is 23.6. The monoisotopic (exact) mass is 268 g/mol. The maximum atomic E-state index is 12.4. The van der Waals surface area contributed by atoms with Gasteiger partial charge in [-0.2, -0.15) is 0 Å². The van der Waals surface area contributed by atoms with Gasteiger partial charge in [-0.1, -0.05) is 13.8 Å². The first-order valence-electron chi connectivity index (χ1n) is 6.75. The molecule has 0 bridgehead atoms. The standard InChI is InChI=1S/C13H20N2O4/c1-3-9(2)10(16)8-15-11(17)13(14-12(15)18)4-6-19-7-5-13/h9H,3-8H2,1-2H3,(H,14,18). The fourth-order valence-corrected chi connectivity index (χ4v) is 2.42. The van der Waals surface area contributed by atoms with Crippen molar-refractivity contribution in [1.82, 2.24) is 10.2 Å². The van der Waals surface area contributed by atoms with Crippen LogP contribution >= 0.6 is 0 Å². The number of Topliss-reactive ketones (excluding diaryl/α,β-unsaturated/α-hetero) is 1. The number of hydrogen-bond acceptors (Lipinski definition) is 4. The van der Waals surface area contributed by atoms with Crippen LogP contribution in [0.2, 0.25) is 0 Å². The molecule has 0 aromatic rings. The van der Waals surface area contributed by atoms with Crippen molar-refractivity contribution >= 4 is 17.7 Å². The topological polar surface area (TPSA) is 75.7 Å². The molecule has 1 spiro atoms. The minimum absolute atomic E-state index is 0.0740. The number of ether oxygens (including phenoxy) is 1. The van der Waals surface area contributed by atoms with E-state index in [2.05, 4.69) is 5.32 Å². The largest absolute Gasteiger partial charge is 0.381 e. The van der Waals surface area contributed by atoms with Gasteiger partial charge in [-0.3, -0.25) is 14.5 Å². The number of imide groups is 1. The van der Waals surface area contributed by atoms with Gasteiger partial charge in [0.05, 0.1) is 6.54 Å². The molecular formula is C13H20N2O4. The zero-order valence-electron chi connectivity index (χ0n) is 11.4. The molecular weight excluding hydrogens is 248 g/mol. The highest BCUT2D eigenvalue weighted by atomic mass is 16.5. The molecule has 1 atom stereocenters. The van der Waals surface area contributed by atoms with Crippen molar-refractivity contribution in [2.45, 2.75) is 38.6 Å². The lowest BCUT2D eigenvalue weighted by Gasteiger charge is -2.30. The van der Waals surface area contributed by atoms with E-state index in [0.29, 0.717) is 32.5 Å². The number of hydrogen-bond donors (Lipinski definition) is 1. The zero-order chi connectivity index (χ0) is 14.0. The van der Waals surface area contributed by atoms with Crippen molar-refractivity contribution < 1.29 is 19.1 Å². The first kappa shape index (κ1) is 14.0. The average Bonchev–Trinajstić information content (AvgIpc) is 2.63. The number of carbonyl (C=O) groups is 3. The first-order chi connectivity index (χ1) is 9.00. The van der Waals surface area contributed by atoms with Gasteiger partial charge in [-0.25, -0.2) is 4.79 Å². The molecule has 0 aliphatic carbocycles. The molecule has 0 radical (unpaired) electrons. The fourth-order valence-electron chi connectivity index (χ4n) is 2.42. The molecule has 1 N–H and O–H groups in total. The van der Waals surface area contributed by atoms with E-state index < -0.39 is 11.6 Å². The van der Waals surface area contributed by atoms with Gasteiger partial charge in [0.2, 0.25) is 0 Å². The summed E-state index contributed by atoms with van der Waals surface area (Å²) in [5.41, 5.74) is -0.842.